The summed E-state index contributed by atoms with van der Waals surface area (Å²) in [7, 11) is 1.62. The monoisotopic (exact) mass is 321 g/mol. The second kappa shape index (κ2) is 6.83. The molecule has 0 saturated carbocycles. The highest BCUT2D eigenvalue weighted by Crippen LogP contribution is 2.26. The molecule has 5 heteroatoms. The maximum absolute atomic E-state index is 10.9. The third kappa shape index (κ3) is 3.52. The minimum Gasteiger partial charge on any atom is -0.497 e. The molecule has 1 aromatic heterocycles. The molecule has 0 aliphatic rings. The number of carboxylic acid groups (broad SMARTS) is 1. The molecule has 24 heavy (non-hydrogen) atoms. The van der Waals surface area contributed by atoms with Crippen LogP contribution in [-0.2, 0) is 0 Å². The van der Waals surface area contributed by atoms with Crippen LogP contribution in [0.4, 0.5) is 4.79 Å². The normalized spacial score (nSPS) is 10.9. The number of pyridine rings is 1. The molecule has 0 amide bonds. The Labute approximate surface area is 138 Å². The maximum Gasteiger partial charge on any atom is 0.511 e. The van der Waals surface area contributed by atoms with E-state index in [0.717, 1.165) is 11.3 Å². The Hall–Kier alpha value is -3.34. The lowest BCUT2D eigenvalue weighted by Gasteiger charge is -2.06. The van der Waals surface area contributed by atoms with Crippen molar-refractivity contribution in [3.8, 4) is 11.5 Å². The van der Waals surface area contributed by atoms with E-state index in [1.54, 1.807) is 19.2 Å². The molecule has 5 nitrogen and oxygen atoms in total. The van der Waals surface area contributed by atoms with Gasteiger partial charge in [-0.1, -0.05) is 30.3 Å². The molecule has 0 aliphatic carbocycles. The molecule has 3 rings (SSSR count). The van der Waals surface area contributed by atoms with Crippen LogP contribution in [-0.4, -0.2) is 23.4 Å². The van der Waals surface area contributed by atoms with Gasteiger partial charge in [-0.2, -0.15) is 0 Å². The molecule has 1 heterocycles. The fourth-order valence-electron chi connectivity index (χ4n) is 2.32. The average Bonchev–Trinajstić information content (AvgIpc) is 2.60. The largest absolute Gasteiger partial charge is 0.511 e. The Morgan fingerprint density at radius 2 is 1.83 bits per heavy atom. The fourth-order valence-corrected chi connectivity index (χ4v) is 2.32. The van der Waals surface area contributed by atoms with E-state index in [1.165, 1.54) is 0 Å². The van der Waals surface area contributed by atoms with Crippen molar-refractivity contribution in [1.29, 1.82) is 0 Å². The van der Waals surface area contributed by atoms with Crippen LogP contribution in [0.1, 0.15) is 11.3 Å². The molecule has 0 radical (unpaired) electrons. The zero-order chi connectivity index (χ0) is 16.9. The van der Waals surface area contributed by atoms with E-state index in [1.807, 2.05) is 54.6 Å². The maximum atomic E-state index is 10.9. The molecule has 120 valence electrons. The van der Waals surface area contributed by atoms with Crippen molar-refractivity contribution in [1.82, 2.24) is 4.98 Å². The van der Waals surface area contributed by atoms with E-state index in [4.69, 9.17) is 14.6 Å². The second-order valence-corrected chi connectivity index (χ2v) is 5.04. The number of carbonyl (C=O) groups is 1. The van der Waals surface area contributed by atoms with Crippen LogP contribution < -0.4 is 9.47 Å². The summed E-state index contributed by atoms with van der Waals surface area (Å²) < 4.78 is 10.0. The van der Waals surface area contributed by atoms with Crippen LogP contribution in [0.3, 0.4) is 0 Å². The Bertz CT molecular complexity index is 901. The molecular weight excluding hydrogens is 306 g/mol. The van der Waals surface area contributed by atoms with Crippen LogP contribution in [0.5, 0.6) is 11.5 Å². The van der Waals surface area contributed by atoms with Crippen molar-refractivity contribution in [3.63, 3.8) is 0 Å². The van der Waals surface area contributed by atoms with Gasteiger partial charge in [0.25, 0.3) is 0 Å². The molecule has 1 N–H and O–H groups in total. The van der Waals surface area contributed by atoms with E-state index in [9.17, 15) is 4.79 Å². The van der Waals surface area contributed by atoms with Gasteiger partial charge in [0.1, 0.15) is 11.5 Å². The van der Waals surface area contributed by atoms with Crippen molar-refractivity contribution in [2.45, 2.75) is 0 Å². The molecule has 0 aliphatic heterocycles. The van der Waals surface area contributed by atoms with Crippen molar-refractivity contribution < 1.29 is 19.4 Å². The van der Waals surface area contributed by atoms with Gasteiger partial charge in [-0.25, -0.2) is 9.78 Å². The van der Waals surface area contributed by atoms with Gasteiger partial charge in [0.2, 0.25) is 0 Å². The molecular formula is C19H15NO4. The van der Waals surface area contributed by atoms with E-state index in [2.05, 4.69) is 4.98 Å². The van der Waals surface area contributed by atoms with Crippen LogP contribution in [0.25, 0.3) is 23.1 Å². The lowest BCUT2D eigenvalue weighted by Crippen LogP contribution is -2.04. The molecule has 0 spiro atoms. The zero-order valence-corrected chi connectivity index (χ0v) is 13.0. The minimum atomic E-state index is -1.35. The van der Waals surface area contributed by atoms with Crippen LogP contribution in [0.15, 0.2) is 54.6 Å². The SMILES string of the molecule is COc1ccc(C=Cc2cc(OC(=O)O)c3ccccc3n2)cc1. The van der Waals surface area contributed by atoms with Crippen LogP contribution in [0, 0.1) is 0 Å². The molecule has 0 atom stereocenters. The van der Waals surface area contributed by atoms with Crippen LogP contribution >= 0.6 is 0 Å². The van der Waals surface area contributed by atoms with E-state index >= 15 is 0 Å². The highest BCUT2D eigenvalue weighted by Gasteiger charge is 2.08. The zero-order valence-electron chi connectivity index (χ0n) is 13.0. The fraction of sp³-hybridized carbons (Fsp3) is 0.0526. The third-order valence-corrected chi connectivity index (χ3v) is 3.46. The van der Waals surface area contributed by atoms with Crippen molar-refractivity contribution in [3.05, 3.63) is 65.9 Å². The van der Waals surface area contributed by atoms with E-state index < -0.39 is 6.16 Å². The van der Waals surface area contributed by atoms with Gasteiger partial charge in [-0.3, -0.25) is 0 Å². The van der Waals surface area contributed by atoms with Gasteiger partial charge in [0.05, 0.1) is 18.3 Å². The third-order valence-electron chi connectivity index (χ3n) is 3.46. The molecule has 0 unspecified atom stereocenters. The topological polar surface area (TPSA) is 68.7 Å². The lowest BCUT2D eigenvalue weighted by molar-refractivity contribution is 0.145. The van der Waals surface area contributed by atoms with Gasteiger partial charge >= 0.3 is 6.16 Å². The lowest BCUT2D eigenvalue weighted by atomic mass is 10.1. The number of ether oxygens (including phenoxy) is 2. The molecule has 0 bridgehead atoms. The first kappa shape index (κ1) is 15.6. The number of methoxy groups -OCH3 is 1. The Morgan fingerprint density at radius 1 is 1.08 bits per heavy atom. The van der Waals surface area contributed by atoms with E-state index in [-0.39, 0.29) is 5.75 Å². The van der Waals surface area contributed by atoms with Gasteiger partial charge in [0.15, 0.2) is 0 Å². The van der Waals surface area contributed by atoms with Crippen LogP contribution in [0.2, 0.25) is 0 Å². The van der Waals surface area contributed by atoms with Crippen molar-refractivity contribution in [2.75, 3.05) is 7.11 Å². The summed E-state index contributed by atoms with van der Waals surface area (Å²) in [5.74, 6) is 1.05. The van der Waals surface area contributed by atoms with E-state index in [0.29, 0.717) is 16.6 Å². The average molecular weight is 321 g/mol. The van der Waals surface area contributed by atoms with Gasteiger partial charge in [-0.15, -0.1) is 0 Å². The van der Waals surface area contributed by atoms with Gasteiger partial charge < -0.3 is 14.6 Å². The number of rotatable bonds is 4. The predicted octanol–water partition coefficient (Wildman–Crippen LogP) is 4.47. The summed E-state index contributed by atoms with van der Waals surface area (Å²) in [6, 6.07) is 16.4. The minimum absolute atomic E-state index is 0.266. The first-order valence-corrected chi connectivity index (χ1v) is 7.28. The number of fused-ring (bicyclic) bond motifs is 1. The Balaban J connectivity index is 1.96. The number of aromatic nitrogens is 1. The van der Waals surface area contributed by atoms with Crippen molar-refractivity contribution in [2.24, 2.45) is 0 Å². The molecule has 0 saturated heterocycles. The summed E-state index contributed by atoms with van der Waals surface area (Å²) in [6.07, 6.45) is 2.35. The summed E-state index contributed by atoms with van der Waals surface area (Å²) >= 11 is 0. The number of hydrogen-bond acceptors (Lipinski definition) is 4. The number of benzene rings is 2. The number of hydrogen-bond donors (Lipinski definition) is 1. The first-order valence-electron chi connectivity index (χ1n) is 7.28. The Kier molecular flexibility index (Phi) is 4.43. The molecule has 2 aromatic carbocycles. The van der Waals surface area contributed by atoms with Crippen molar-refractivity contribution >= 4 is 29.2 Å². The Morgan fingerprint density at radius 3 is 2.54 bits per heavy atom. The summed E-state index contributed by atoms with van der Waals surface area (Å²) in [6.45, 7) is 0. The standard InChI is InChI=1S/C19H15NO4/c1-23-15-10-7-13(8-11-15)6-9-14-12-18(24-19(21)22)16-4-2-3-5-17(16)20-14/h2-12H,1H3,(H,21,22). The van der Waals surface area contributed by atoms with Gasteiger partial charge in [-0.05, 0) is 35.9 Å². The highest BCUT2D eigenvalue weighted by atomic mass is 16.7. The smallest absolute Gasteiger partial charge is 0.497 e. The number of nitrogens with zero attached hydrogens (tertiary/aromatic N) is 1. The quantitative estimate of drug-likeness (QED) is 0.718. The predicted molar refractivity (Wildman–Crippen MR) is 92.3 cm³/mol. The van der Waals surface area contributed by atoms with Gasteiger partial charge in [0, 0.05) is 11.5 Å². The first-order chi connectivity index (χ1) is 11.7. The highest BCUT2D eigenvalue weighted by molar-refractivity contribution is 5.88. The molecule has 3 aromatic rings. The number of para-hydroxylation sites is 1. The summed E-state index contributed by atoms with van der Waals surface area (Å²) in [5.41, 5.74) is 2.26. The summed E-state index contributed by atoms with van der Waals surface area (Å²) in [4.78, 5) is 15.4. The summed E-state index contributed by atoms with van der Waals surface area (Å²) in [5, 5.41) is 9.56. The second-order valence-electron chi connectivity index (χ2n) is 5.04. The molecule has 0 fully saturated rings.